The summed E-state index contributed by atoms with van der Waals surface area (Å²) in [6.45, 7) is 5.77. The number of amides is 1. The SMILES string of the molecule is CCOc1ccc(C2(CNC(=O)c3cnn(-c4cccc(C(F)(F)F)c4)c3C)CCOCC2)cc1. The maximum atomic E-state index is 13.1. The minimum Gasteiger partial charge on any atom is -0.494 e. The van der Waals surface area contributed by atoms with Crippen LogP contribution in [0.1, 0.15) is 46.9 Å². The molecule has 4 rings (SSSR count). The number of carbonyl (C=O) groups excluding carboxylic acids is 1. The van der Waals surface area contributed by atoms with Gasteiger partial charge in [0.2, 0.25) is 0 Å². The van der Waals surface area contributed by atoms with Gasteiger partial charge in [-0.1, -0.05) is 18.2 Å². The maximum Gasteiger partial charge on any atom is 0.416 e. The van der Waals surface area contributed by atoms with Gasteiger partial charge in [-0.25, -0.2) is 4.68 Å². The van der Waals surface area contributed by atoms with Crippen molar-refractivity contribution in [2.45, 2.75) is 38.3 Å². The molecule has 2 heterocycles. The van der Waals surface area contributed by atoms with Crippen LogP contribution in [0.5, 0.6) is 5.75 Å². The van der Waals surface area contributed by atoms with E-state index in [9.17, 15) is 18.0 Å². The second-order valence-corrected chi connectivity index (χ2v) is 8.64. The molecule has 1 fully saturated rings. The summed E-state index contributed by atoms with van der Waals surface area (Å²) in [7, 11) is 0. The average Bonchev–Trinajstić information content (AvgIpc) is 3.24. The summed E-state index contributed by atoms with van der Waals surface area (Å²) < 4.78 is 51.8. The molecule has 0 spiro atoms. The minimum atomic E-state index is -4.46. The Hall–Kier alpha value is -3.33. The molecule has 1 aromatic heterocycles. The first kappa shape index (κ1) is 24.8. The first-order valence-electron chi connectivity index (χ1n) is 11.5. The molecule has 0 aliphatic carbocycles. The zero-order valence-corrected chi connectivity index (χ0v) is 19.7. The maximum absolute atomic E-state index is 13.1. The van der Waals surface area contributed by atoms with Crippen LogP contribution in [0, 0.1) is 6.92 Å². The molecule has 0 bridgehead atoms. The Bertz CT molecular complexity index is 1170. The highest BCUT2D eigenvalue weighted by atomic mass is 19.4. The third kappa shape index (κ3) is 5.35. The predicted octanol–water partition coefficient (Wildman–Crippen LogP) is 5.08. The Morgan fingerprint density at radius 2 is 1.89 bits per heavy atom. The number of hydrogen-bond acceptors (Lipinski definition) is 4. The van der Waals surface area contributed by atoms with Gasteiger partial charge in [0.25, 0.3) is 5.91 Å². The van der Waals surface area contributed by atoms with E-state index < -0.39 is 11.7 Å². The van der Waals surface area contributed by atoms with Crippen molar-refractivity contribution < 1.29 is 27.4 Å². The van der Waals surface area contributed by atoms with Gasteiger partial charge in [0.05, 0.1) is 35.3 Å². The van der Waals surface area contributed by atoms with E-state index in [0.717, 1.165) is 36.3 Å². The van der Waals surface area contributed by atoms with Crippen molar-refractivity contribution in [1.82, 2.24) is 15.1 Å². The van der Waals surface area contributed by atoms with Gasteiger partial charge in [0.15, 0.2) is 0 Å². The van der Waals surface area contributed by atoms with Crippen LogP contribution >= 0.6 is 0 Å². The lowest BCUT2D eigenvalue weighted by atomic mass is 9.74. The lowest BCUT2D eigenvalue weighted by molar-refractivity contribution is -0.137. The Balaban J connectivity index is 1.53. The van der Waals surface area contributed by atoms with Crippen LogP contribution < -0.4 is 10.1 Å². The summed E-state index contributed by atoms with van der Waals surface area (Å²) in [6, 6.07) is 12.8. The summed E-state index contributed by atoms with van der Waals surface area (Å²) in [4.78, 5) is 13.1. The van der Waals surface area contributed by atoms with Crippen LogP contribution in [0.4, 0.5) is 13.2 Å². The molecule has 6 nitrogen and oxygen atoms in total. The number of halogens is 3. The lowest BCUT2D eigenvalue weighted by Gasteiger charge is -2.38. The van der Waals surface area contributed by atoms with Crippen LogP contribution in [0.2, 0.25) is 0 Å². The fourth-order valence-electron chi connectivity index (χ4n) is 4.45. The van der Waals surface area contributed by atoms with Crippen LogP contribution in [-0.4, -0.2) is 42.1 Å². The molecule has 0 unspecified atom stereocenters. The van der Waals surface area contributed by atoms with E-state index in [1.807, 2.05) is 31.2 Å². The van der Waals surface area contributed by atoms with E-state index >= 15 is 0 Å². The minimum absolute atomic E-state index is 0.242. The number of nitrogens with one attached hydrogen (secondary N) is 1. The molecule has 1 aliphatic heterocycles. The molecular weight excluding hydrogens is 459 g/mol. The fraction of sp³-hybridized carbons (Fsp3) is 0.385. The normalized spacial score (nSPS) is 15.6. The highest BCUT2D eigenvalue weighted by molar-refractivity contribution is 5.95. The Labute approximate surface area is 202 Å². The molecule has 0 atom stereocenters. The van der Waals surface area contributed by atoms with E-state index in [-0.39, 0.29) is 17.0 Å². The molecular formula is C26H28F3N3O3. The second kappa shape index (κ2) is 10.1. The van der Waals surface area contributed by atoms with Crippen molar-refractivity contribution in [3.8, 4) is 11.4 Å². The number of ether oxygens (including phenoxy) is 2. The van der Waals surface area contributed by atoms with Gasteiger partial charge in [0.1, 0.15) is 5.75 Å². The quantitative estimate of drug-likeness (QED) is 0.505. The van der Waals surface area contributed by atoms with E-state index in [2.05, 4.69) is 10.4 Å². The number of rotatable bonds is 7. The van der Waals surface area contributed by atoms with E-state index in [0.29, 0.717) is 37.6 Å². The molecule has 2 aromatic carbocycles. The van der Waals surface area contributed by atoms with Gasteiger partial charge < -0.3 is 14.8 Å². The van der Waals surface area contributed by atoms with Gasteiger partial charge in [-0.15, -0.1) is 0 Å². The molecule has 9 heteroatoms. The van der Waals surface area contributed by atoms with Crippen molar-refractivity contribution >= 4 is 5.91 Å². The zero-order chi connectivity index (χ0) is 25.1. The number of benzene rings is 2. The van der Waals surface area contributed by atoms with Crippen molar-refractivity contribution in [3.05, 3.63) is 77.1 Å². The summed E-state index contributed by atoms with van der Waals surface area (Å²) in [6.07, 6.45) is -1.57. The number of aromatic nitrogens is 2. The number of nitrogens with zero attached hydrogens (tertiary/aromatic N) is 2. The fourth-order valence-corrected chi connectivity index (χ4v) is 4.45. The average molecular weight is 488 g/mol. The van der Waals surface area contributed by atoms with Crippen molar-refractivity contribution in [3.63, 3.8) is 0 Å². The molecule has 1 amide bonds. The van der Waals surface area contributed by atoms with Gasteiger partial charge in [0, 0.05) is 25.2 Å². The third-order valence-electron chi connectivity index (χ3n) is 6.49. The molecule has 1 saturated heterocycles. The molecule has 35 heavy (non-hydrogen) atoms. The number of hydrogen-bond donors (Lipinski definition) is 1. The Kier molecular flexibility index (Phi) is 7.16. The Morgan fingerprint density at radius 3 is 2.54 bits per heavy atom. The van der Waals surface area contributed by atoms with Gasteiger partial charge >= 0.3 is 6.18 Å². The topological polar surface area (TPSA) is 65.4 Å². The number of carbonyl (C=O) groups is 1. The lowest BCUT2D eigenvalue weighted by Crippen LogP contribution is -2.44. The first-order chi connectivity index (χ1) is 16.7. The summed E-state index contributed by atoms with van der Waals surface area (Å²) in [5, 5.41) is 7.21. The highest BCUT2D eigenvalue weighted by Gasteiger charge is 2.35. The van der Waals surface area contributed by atoms with Crippen molar-refractivity contribution in [2.24, 2.45) is 0 Å². The summed E-state index contributed by atoms with van der Waals surface area (Å²) in [5.74, 6) is 0.470. The van der Waals surface area contributed by atoms with Crippen molar-refractivity contribution in [1.29, 1.82) is 0 Å². The van der Waals surface area contributed by atoms with Gasteiger partial charge in [-0.3, -0.25) is 4.79 Å². The van der Waals surface area contributed by atoms with Crippen LogP contribution in [0.3, 0.4) is 0 Å². The first-order valence-corrected chi connectivity index (χ1v) is 11.5. The van der Waals surface area contributed by atoms with E-state index in [1.54, 1.807) is 6.92 Å². The zero-order valence-electron chi connectivity index (χ0n) is 19.7. The Morgan fingerprint density at radius 1 is 1.17 bits per heavy atom. The molecule has 1 aliphatic rings. The molecule has 3 aromatic rings. The van der Waals surface area contributed by atoms with Gasteiger partial charge in [-0.2, -0.15) is 18.3 Å². The summed E-state index contributed by atoms with van der Waals surface area (Å²) in [5.41, 5.74) is 1.06. The van der Waals surface area contributed by atoms with Gasteiger partial charge in [-0.05, 0) is 62.6 Å². The molecule has 0 radical (unpaired) electrons. The van der Waals surface area contributed by atoms with Crippen molar-refractivity contribution in [2.75, 3.05) is 26.4 Å². The number of alkyl halides is 3. The third-order valence-corrected chi connectivity index (χ3v) is 6.49. The second-order valence-electron chi connectivity index (χ2n) is 8.64. The summed E-state index contributed by atoms with van der Waals surface area (Å²) >= 11 is 0. The van der Waals surface area contributed by atoms with E-state index in [4.69, 9.17) is 9.47 Å². The van der Waals surface area contributed by atoms with E-state index in [1.165, 1.54) is 23.0 Å². The van der Waals surface area contributed by atoms with Crippen LogP contribution in [0.25, 0.3) is 5.69 Å². The monoisotopic (exact) mass is 487 g/mol. The van der Waals surface area contributed by atoms with Crippen LogP contribution in [-0.2, 0) is 16.3 Å². The standard InChI is InChI=1S/C26H28F3N3O3/c1-3-35-22-9-7-19(8-10-22)25(11-13-34-14-12-25)17-30-24(33)23-16-31-32(18(23)2)21-6-4-5-20(15-21)26(27,28)29/h4-10,15-16H,3,11-14,17H2,1-2H3,(H,30,33). The molecule has 1 N–H and O–H groups in total. The van der Waals surface area contributed by atoms with Crippen LogP contribution in [0.15, 0.2) is 54.7 Å². The molecule has 0 saturated carbocycles. The smallest absolute Gasteiger partial charge is 0.416 e. The molecule has 186 valence electrons. The predicted molar refractivity (Wildman–Crippen MR) is 125 cm³/mol. The largest absolute Gasteiger partial charge is 0.494 e. The highest BCUT2D eigenvalue weighted by Crippen LogP contribution is 2.35.